The number of ketones is 1. The summed E-state index contributed by atoms with van der Waals surface area (Å²) in [5.74, 6) is 1.50. The molecule has 0 aromatic carbocycles. The molecule has 0 saturated heterocycles. The summed E-state index contributed by atoms with van der Waals surface area (Å²) in [6.45, 7) is 21.1. The van der Waals surface area contributed by atoms with Gasteiger partial charge in [-0.2, -0.15) is 5.26 Å². The van der Waals surface area contributed by atoms with Crippen LogP contribution in [0.15, 0.2) is 29.5 Å². The van der Waals surface area contributed by atoms with Gasteiger partial charge in [-0.25, -0.2) is 0 Å². The molecule has 1 N–H and O–H groups in total. The molecule has 58 heavy (non-hydrogen) atoms. The van der Waals surface area contributed by atoms with Crippen LogP contribution in [0.25, 0.3) is 11.5 Å². The topological polar surface area (TPSA) is 151 Å². The second-order valence-corrected chi connectivity index (χ2v) is 21.3. The summed E-state index contributed by atoms with van der Waals surface area (Å²) < 4.78 is 8.43. The highest BCUT2D eigenvalue weighted by Crippen LogP contribution is 2.76. The molecule has 4 saturated carbocycles. The molecule has 2 aromatic heterocycles. The molecule has 0 spiro atoms. The van der Waals surface area contributed by atoms with Crippen LogP contribution in [0.5, 0.6) is 0 Å². The summed E-state index contributed by atoms with van der Waals surface area (Å²) >= 11 is 0. The number of likely N-dealkylation sites (N-methyl/N-ethyl adjacent to an activating group) is 1. The maximum Gasteiger partial charge on any atom is 0.309 e. The van der Waals surface area contributed by atoms with Crippen molar-refractivity contribution in [3.63, 3.8) is 0 Å². The number of aromatic nitrogens is 4. The predicted octanol–water partition coefficient (Wildman–Crippen LogP) is 8.42. The van der Waals surface area contributed by atoms with E-state index < -0.39 is 22.8 Å². The molecule has 11 nitrogen and oxygen atoms in total. The first kappa shape index (κ1) is 42.2. The van der Waals surface area contributed by atoms with Crippen molar-refractivity contribution < 1.29 is 24.2 Å². The minimum atomic E-state index is -1.18. The maximum absolute atomic E-state index is 14.5. The summed E-state index contributed by atoms with van der Waals surface area (Å²) in [5.41, 5.74) is 1.52. The first-order chi connectivity index (χ1) is 27.1. The zero-order valence-electron chi connectivity index (χ0n) is 36.9. The van der Waals surface area contributed by atoms with Gasteiger partial charge in [0.25, 0.3) is 0 Å². The third kappa shape index (κ3) is 6.28. The minimum absolute atomic E-state index is 0.0231. The lowest BCUT2D eigenvalue weighted by molar-refractivity contribution is -0.232. The molecule has 5 aliphatic carbocycles. The van der Waals surface area contributed by atoms with Crippen molar-refractivity contribution in [2.75, 3.05) is 20.6 Å². The fourth-order valence-corrected chi connectivity index (χ4v) is 13.7. The Morgan fingerprint density at radius 2 is 1.72 bits per heavy atom. The van der Waals surface area contributed by atoms with Crippen LogP contribution in [0.4, 0.5) is 0 Å². The van der Waals surface area contributed by atoms with Gasteiger partial charge >= 0.3 is 11.9 Å². The third-order valence-electron chi connectivity index (χ3n) is 16.9. The number of rotatable bonds is 10. The van der Waals surface area contributed by atoms with Crippen LogP contribution in [-0.4, -0.2) is 74.2 Å². The zero-order chi connectivity index (χ0) is 42.4. The molecule has 0 aliphatic heterocycles. The van der Waals surface area contributed by atoms with Gasteiger partial charge in [0.05, 0.1) is 22.8 Å². The van der Waals surface area contributed by atoms with E-state index in [4.69, 9.17) is 14.9 Å². The van der Waals surface area contributed by atoms with Gasteiger partial charge in [0.2, 0.25) is 0 Å². The summed E-state index contributed by atoms with van der Waals surface area (Å²) in [4.78, 5) is 46.3. The van der Waals surface area contributed by atoms with Crippen molar-refractivity contribution in [3.05, 3.63) is 40.9 Å². The van der Waals surface area contributed by atoms with Crippen LogP contribution in [0.1, 0.15) is 138 Å². The molecule has 0 bridgehead atoms. The third-order valence-corrected chi connectivity index (χ3v) is 16.9. The van der Waals surface area contributed by atoms with Gasteiger partial charge in [0.1, 0.15) is 23.7 Å². The summed E-state index contributed by atoms with van der Waals surface area (Å²) in [6.07, 6.45) is 9.34. The number of nitriles is 1. The van der Waals surface area contributed by atoms with Crippen LogP contribution >= 0.6 is 0 Å². The monoisotopic (exact) mass is 795 g/mol. The average Bonchev–Trinajstić information content (AvgIpc) is 3.71. The van der Waals surface area contributed by atoms with Crippen molar-refractivity contribution in [3.8, 4) is 17.6 Å². The molecule has 2 aromatic rings. The van der Waals surface area contributed by atoms with E-state index in [-0.39, 0.29) is 51.8 Å². The van der Waals surface area contributed by atoms with Gasteiger partial charge in [0.15, 0.2) is 11.6 Å². The largest absolute Gasteiger partial charge is 0.481 e. The first-order valence-electron chi connectivity index (χ1n) is 21.7. The van der Waals surface area contributed by atoms with Crippen molar-refractivity contribution in [1.82, 2.24) is 24.6 Å². The highest BCUT2D eigenvalue weighted by atomic mass is 16.5. The van der Waals surface area contributed by atoms with Gasteiger partial charge in [-0.05, 0) is 143 Å². The Hall–Kier alpha value is -3.91. The molecule has 0 amide bonds. The van der Waals surface area contributed by atoms with Gasteiger partial charge < -0.3 is 19.3 Å². The molecular weight excluding hydrogens is 729 g/mol. The quantitative estimate of drug-likeness (QED) is 0.232. The van der Waals surface area contributed by atoms with E-state index in [1.165, 1.54) is 5.57 Å². The lowest BCUT2D eigenvalue weighted by Gasteiger charge is -2.72. The number of carbonyl (C=O) groups excluding carboxylic acids is 2. The first-order valence-corrected chi connectivity index (χ1v) is 21.7. The molecule has 7 rings (SSSR count). The number of carboxylic acids is 1. The molecule has 11 heteroatoms. The second-order valence-electron chi connectivity index (χ2n) is 21.3. The van der Waals surface area contributed by atoms with E-state index in [1.807, 2.05) is 6.07 Å². The van der Waals surface area contributed by atoms with E-state index in [2.05, 4.69) is 83.1 Å². The normalized spacial score (nSPS) is 34.2. The van der Waals surface area contributed by atoms with Crippen molar-refractivity contribution in [1.29, 1.82) is 5.26 Å². The molecule has 4 fully saturated rings. The number of esters is 1. The van der Waals surface area contributed by atoms with Crippen LogP contribution in [0.3, 0.4) is 0 Å². The Balaban J connectivity index is 1.25. The number of nitrogens with zero attached hydrogens (tertiary/aromatic N) is 6. The fourth-order valence-electron chi connectivity index (χ4n) is 13.7. The fraction of sp³-hybridized carbons (Fsp3) is 0.723. The van der Waals surface area contributed by atoms with E-state index in [0.717, 1.165) is 69.3 Å². The molecule has 5 aliphatic rings. The van der Waals surface area contributed by atoms with Crippen LogP contribution < -0.4 is 0 Å². The van der Waals surface area contributed by atoms with E-state index in [9.17, 15) is 24.8 Å². The molecule has 314 valence electrons. The van der Waals surface area contributed by atoms with Crippen LogP contribution in [-0.2, 0) is 31.1 Å². The number of Topliss-reactive ketones (excluding diaryl/α,β-unsaturated/α-hetero) is 1. The Bertz CT molecular complexity index is 2060. The Morgan fingerprint density at radius 1 is 1.00 bits per heavy atom. The number of carbonyl (C=O) groups is 3. The van der Waals surface area contributed by atoms with Gasteiger partial charge in [-0.15, -0.1) is 10.2 Å². The van der Waals surface area contributed by atoms with E-state index in [0.29, 0.717) is 41.9 Å². The van der Waals surface area contributed by atoms with Crippen molar-refractivity contribution in [2.45, 2.75) is 145 Å². The van der Waals surface area contributed by atoms with Gasteiger partial charge in [-0.3, -0.25) is 19.4 Å². The Labute approximate surface area is 345 Å². The lowest BCUT2D eigenvalue weighted by Crippen LogP contribution is -2.66. The second kappa shape index (κ2) is 14.4. The highest BCUT2D eigenvalue weighted by molar-refractivity contribution is 6.01. The van der Waals surface area contributed by atoms with Crippen LogP contribution in [0.2, 0.25) is 0 Å². The number of aliphatic carboxylic acids is 1. The minimum Gasteiger partial charge on any atom is -0.481 e. The smallest absolute Gasteiger partial charge is 0.309 e. The highest BCUT2D eigenvalue weighted by Gasteiger charge is 2.71. The van der Waals surface area contributed by atoms with Crippen molar-refractivity contribution in [2.24, 2.45) is 50.7 Å². The Morgan fingerprint density at radius 3 is 2.34 bits per heavy atom. The summed E-state index contributed by atoms with van der Waals surface area (Å²) in [7, 11) is 4.12. The number of hydrogen-bond acceptors (Lipinski definition) is 9. The standard InChI is InChI=1S/C47H66N6O5/c1-28(2)37-32(54)24-47(40-51-50-39(53(40)23-22-52(10)11)31-14-12-29(26-48)27-49-31)21-20-45(8)30(38(37)47)13-15-34-44(7)18-17-35(58-36(55)25-42(3,4)41(56)57)43(5,6)33(44)16-19-46(34,45)9/h12,14,27-28,30,33-35H,13,15-25H2,1-11H3,(H,56,57)/t30-,33+,34-,35+,44+,45-,46-,47-/m1/s1. The molecule has 2 heterocycles. The summed E-state index contributed by atoms with van der Waals surface area (Å²) in [5, 5.41) is 29.0. The molecular formula is C47H66N6O5. The zero-order valence-corrected chi connectivity index (χ0v) is 36.9. The van der Waals surface area contributed by atoms with Gasteiger partial charge in [0, 0.05) is 31.1 Å². The average molecular weight is 795 g/mol. The number of fused-ring (bicyclic) bond motifs is 7. The maximum atomic E-state index is 14.5. The van der Waals surface area contributed by atoms with Crippen molar-refractivity contribution >= 4 is 17.7 Å². The Kier molecular flexibility index (Phi) is 10.5. The molecule has 0 unspecified atom stereocenters. The predicted molar refractivity (Wildman–Crippen MR) is 221 cm³/mol. The van der Waals surface area contributed by atoms with Gasteiger partial charge in [-0.1, -0.05) is 48.5 Å². The SMILES string of the molecule is CC(C)C1=C2[C@H]3CC[C@@H]4[C@@]5(C)CC[C@H](OC(=O)CC(C)(C)C(=O)O)C(C)(C)[C@@H]5CC[C@@]4(C)[C@]3(C)CC[C@@]2(c2nnc(-c3ccc(C#N)cn3)n2CCN(C)C)CC1=O. The lowest BCUT2D eigenvalue weighted by atomic mass is 9.33. The number of hydrogen-bond donors (Lipinski definition) is 1. The number of carboxylic acid groups (broad SMARTS) is 1. The molecule has 0 radical (unpaired) electrons. The molecule has 8 atom stereocenters. The number of allylic oxidation sites excluding steroid dienone is 2. The number of pyridine rings is 1. The van der Waals surface area contributed by atoms with Crippen LogP contribution in [0, 0.1) is 62.1 Å². The number of ether oxygens (including phenoxy) is 1. The van der Waals surface area contributed by atoms with E-state index in [1.54, 1.807) is 26.1 Å². The summed E-state index contributed by atoms with van der Waals surface area (Å²) in [6, 6.07) is 5.79. The van der Waals surface area contributed by atoms with E-state index >= 15 is 0 Å².